The van der Waals surface area contributed by atoms with Gasteiger partial charge in [-0.25, -0.2) is 0 Å². The second-order valence-electron chi connectivity index (χ2n) is 5.07. The third-order valence-corrected chi connectivity index (χ3v) is 3.80. The van der Waals surface area contributed by atoms with Crippen LogP contribution in [0.3, 0.4) is 0 Å². The van der Waals surface area contributed by atoms with Gasteiger partial charge < -0.3 is 10.6 Å². The number of carbonyl (C=O) groups excluding carboxylic acids is 1. The fourth-order valence-corrected chi connectivity index (χ4v) is 2.22. The highest BCUT2D eigenvalue weighted by atomic mass is 79.9. The van der Waals surface area contributed by atoms with Crippen molar-refractivity contribution in [2.45, 2.75) is 19.9 Å². The minimum atomic E-state index is -0.0451. The van der Waals surface area contributed by atoms with Crippen LogP contribution in [0.1, 0.15) is 24.1 Å². The summed E-state index contributed by atoms with van der Waals surface area (Å²) in [4.78, 5) is 11.9. The van der Waals surface area contributed by atoms with Gasteiger partial charge in [0.2, 0.25) is 5.91 Å². The topological polar surface area (TPSA) is 41.1 Å². The van der Waals surface area contributed by atoms with Gasteiger partial charge in [0.05, 0.1) is 6.54 Å². The Bertz CT molecular complexity index is 593. The van der Waals surface area contributed by atoms with Crippen LogP contribution in [0.25, 0.3) is 0 Å². The number of anilines is 1. The first kappa shape index (κ1) is 15.7. The van der Waals surface area contributed by atoms with Gasteiger partial charge in [0.1, 0.15) is 0 Å². The summed E-state index contributed by atoms with van der Waals surface area (Å²) in [5, 5.41) is 6.09. The average Bonchev–Trinajstić information content (AvgIpc) is 2.48. The number of aryl methyl sites for hydroxylation is 1. The standard InChI is InChI=1S/C17H19BrN2O/c1-12-3-5-14(6-4-12)13(2)19-11-17(21)20-16-9-7-15(18)8-10-16/h3-10,13,19H,11H2,1-2H3,(H,20,21). The molecule has 0 bridgehead atoms. The zero-order valence-electron chi connectivity index (χ0n) is 12.2. The first-order valence-electron chi connectivity index (χ1n) is 6.90. The van der Waals surface area contributed by atoms with E-state index in [1.54, 1.807) is 0 Å². The summed E-state index contributed by atoms with van der Waals surface area (Å²) in [6, 6.07) is 16.0. The first-order chi connectivity index (χ1) is 10.0. The molecule has 2 rings (SSSR count). The normalized spacial score (nSPS) is 12.0. The van der Waals surface area contributed by atoms with Crippen LogP contribution in [0.5, 0.6) is 0 Å². The summed E-state index contributed by atoms with van der Waals surface area (Å²) >= 11 is 3.37. The SMILES string of the molecule is Cc1ccc(C(C)NCC(=O)Nc2ccc(Br)cc2)cc1. The molecule has 2 aromatic carbocycles. The molecule has 0 spiro atoms. The highest BCUT2D eigenvalue weighted by molar-refractivity contribution is 9.10. The average molecular weight is 347 g/mol. The lowest BCUT2D eigenvalue weighted by Crippen LogP contribution is -2.30. The molecule has 1 atom stereocenters. The molecule has 0 aliphatic heterocycles. The van der Waals surface area contributed by atoms with Crippen molar-refractivity contribution in [3.8, 4) is 0 Å². The van der Waals surface area contributed by atoms with Crippen LogP contribution in [0.15, 0.2) is 53.0 Å². The predicted molar refractivity (Wildman–Crippen MR) is 90.4 cm³/mol. The molecule has 0 fully saturated rings. The van der Waals surface area contributed by atoms with Crippen LogP contribution < -0.4 is 10.6 Å². The van der Waals surface area contributed by atoms with E-state index in [4.69, 9.17) is 0 Å². The molecule has 0 aliphatic carbocycles. The van der Waals surface area contributed by atoms with Gasteiger partial charge >= 0.3 is 0 Å². The largest absolute Gasteiger partial charge is 0.325 e. The maximum atomic E-state index is 11.9. The number of nitrogens with one attached hydrogen (secondary N) is 2. The van der Waals surface area contributed by atoms with Gasteiger partial charge in [0.25, 0.3) is 0 Å². The van der Waals surface area contributed by atoms with Gasteiger partial charge in [-0.2, -0.15) is 0 Å². The van der Waals surface area contributed by atoms with Gasteiger partial charge in [-0.05, 0) is 43.7 Å². The second-order valence-corrected chi connectivity index (χ2v) is 5.98. The first-order valence-corrected chi connectivity index (χ1v) is 7.69. The van der Waals surface area contributed by atoms with Crippen molar-refractivity contribution in [2.75, 3.05) is 11.9 Å². The molecule has 4 heteroatoms. The molecule has 3 nitrogen and oxygen atoms in total. The van der Waals surface area contributed by atoms with Gasteiger partial charge in [0, 0.05) is 16.2 Å². The molecule has 0 aliphatic rings. The molecule has 0 radical (unpaired) electrons. The number of benzene rings is 2. The Morgan fingerprint density at radius 3 is 2.33 bits per heavy atom. The van der Waals surface area contributed by atoms with E-state index in [1.165, 1.54) is 11.1 Å². The highest BCUT2D eigenvalue weighted by Gasteiger charge is 2.07. The van der Waals surface area contributed by atoms with E-state index in [2.05, 4.69) is 64.7 Å². The maximum Gasteiger partial charge on any atom is 0.238 e. The zero-order valence-corrected chi connectivity index (χ0v) is 13.8. The van der Waals surface area contributed by atoms with Crippen LogP contribution in [-0.2, 0) is 4.79 Å². The molecule has 2 N–H and O–H groups in total. The Morgan fingerprint density at radius 1 is 1.10 bits per heavy atom. The van der Waals surface area contributed by atoms with Crippen molar-refractivity contribution in [2.24, 2.45) is 0 Å². The van der Waals surface area contributed by atoms with Crippen LogP contribution >= 0.6 is 15.9 Å². The van der Waals surface area contributed by atoms with Gasteiger partial charge in [-0.3, -0.25) is 4.79 Å². The predicted octanol–water partition coefficient (Wildman–Crippen LogP) is 4.05. The fraction of sp³-hybridized carbons (Fsp3) is 0.235. The van der Waals surface area contributed by atoms with Gasteiger partial charge in [0.15, 0.2) is 0 Å². The Labute approximate surface area is 133 Å². The fourth-order valence-electron chi connectivity index (χ4n) is 1.96. The van der Waals surface area contributed by atoms with E-state index < -0.39 is 0 Å². The number of amides is 1. The summed E-state index contributed by atoms with van der Waals surface area (Å²) in [6.45, 7) is 4.40. The van der Waals surface area contributed by atoms with E-state index in [9.17, 15) is 4.79 Å². The summed E-state index contributed by atoms with van der Waals surface area (Å²) in [7, 11) is 0. The van der Waals surface area contributed by atoms with E-state index in [1.807, 2.05) is 24.3 Å². The smallest absolute Gasteiger partial charge is 0.238 e. The number of rotatable bonds is 5. The quantitative estimate of drug-likeness (QED) is 0.857. The highest BCUT2D eigenvalue weighted by Crippen LogP contribution is 2.15. The molecule has 1 unspecified atom stereocenters. The molecular weight excluding hydrogens is 328 g/mol. The third-order valence-electron chi connectivity index (χ3n) is 3.27. The third kappa shape index (κ3) is 4.99. The molecule has 1 amide bonds. The second kappa shape index (κ2) is 7.38. The molecular formula is C17H19BrN2O. The van der Waals surface area contributed by atoms with Gasteiger partial charge in [-0.15, -0.1) is 0 Å². The Hall–Kier alpha value is -1.65. The summed E-state index contributed by atoms with van der Waals surface area (Å²) in [5.74, 6) is -0.0451. The number of hydrogen-bond donors (Lipinski definition) is 2. The number of hydrogen-bond acceptors (Lipinski definition) is 2. The van der Waals surface area contributed by atoms with Gasteiger partial charge in [-0.1, -0.05) is 45.8 Å². The van der Waals surface area contributed by atoms with Crippen molar-refractivity contribution in [1.29, 1.82) is 0 Å². The van der Waals surface area contributed by atoms with Crippen LogP contribution in [0, 0.1) is 6.92 Å². The summed E-state index contributed by atoms with van der Waals surface area (Å²) in [6.07, 6.45) is 0. The molecule has 0 saturated heterocycles. The van der Waals surface area contributed by atoms with Crippen molar-refractivity contribution in [3.63, 3.8) is 0 Å². The van der Waals surface area contributed by atoms with E-state index in [-0.39, 0.29) is 18.5 Å². The Morgan fingerprint density at radius 2 is 1.71 bits per heavy atom. The van der Waals surface area contributed by atoms with Crippen molar-refractivity contribution in [3.05, 3.63) is 64.1 Å². The van der Waals surface area contributed by atoms with E-state index in [0.717, 1.165) is 10.2 Å². The summed E-state index contributed by atoms with van der Waals surface area (Å²) in [5.41, 5.74) is 3.21. The molecule has 21 heavy (non-hydrogen) atoms. The monoisotopic (exact) mass is 346 g/mol. The molecule has 2 aromatic rings. The minimum absolute atomic E-state index is 0.0451. The van der Waals surface area contributed by atoms with Crippen molar-refractivity contribution >= 4 is 27.5 Å². The van der Waals surface area contributed by atoms with Crippen molar-refractivity contribution in [1.82, 2.24) is 5.32 Å². The zero-order chi connectivity index (χ0) is 15.2. The lowest BCUT2D eigenvalue weighted by Gasteiger charge is -2.14. The molecule has 110 valence electrons. The molecule has 0 aromatic heterocycles. The van der Waals surface area contributed by atoms with Crippen LogP contribution in [0.4, 0.5) is 5.69 Å². The minimum Gasteiger partial charge on any atom is -0.325 e. The number of halogens is 1. The van der Waals surface area contributed by atoms with E-state index >= 15 is 0 Å². The lowest BCUT2D eigenvalue weighted by molar-refractivity contribution is -0.115. The molecule has 0 heterocycles. The number of carbonyl (C=O) groups is 1. The molecule has 0 saturated carbocycles. The van der Waals surface area contributed by atoms with Crippen LogP contribution in [-0.4, -0.2) is 12.5 Å². The Balaban J connectivity index is 1.83. The maximum absolute atomic E-state index is 11.9. The van der Waals surface area contributed by atoms with Crippen LogP contribution in [0.2, 0.25) is 0 Å². The lowest BCUT2D eigenvalue weighted by atomic mass is 10.1. The summed E-state index contributed by atoms with van der Waals surface area (Å²) < 4.78 is 0.992. The van der Waals surface area contributed by atoms with E-state index in [0.29, 0.717) is 0 Å². The Kier molecular flexibility index (Phi) is 5.53. The van der Waals surface area contributed by atoms with Crippen molar-refractivity contribution < 1.29 is 4.79 Å².